The van der Waals surface area contributed by atoms with Crippen LogP contribution in [-0.4, -0.2) is 53.8 Å². The van der Waals surface area contributed by atoms with E-state index >= 15 is 0 Å². The zero-order chi connectivity index (χ0) is 11.3. The third-order valence-corrected chi connectivity index (χ3v) is 3.09. The summed E-state index contributed by atoms with van der Waals surface area (Å²) in [5.41, 5.74) is 0. The van der Waals surface area contributed by atoms with Gasteiger partial charge in [0.05, 0.1) is 23.7 Å². The SMILES string of the molecule is C[C@@H]1CN(C(=O)CSCC=[NH2+])C[C@@H](C)O1. The number of carbonyl (C=O) groups excluding carboxylic acids is 1. The molecule has 86 valence electrons. The third kappa shape index (κ3) is 4.22. The number of carbonyl (C=O) groups is 1. The monoisotopic (exact) mass is 231 g/mol. The van der Waals surface area contributed by atoms with Crippen LogP contribution in [0.3, 0.4) is 0 Å². The van der Waals surface area contributed by atoms with Crippen molar-refractivity contribution < 1.29 is 14.9 Å². The molecule has 0 aromatic heterocycles. The summed E-state index contributed by atoms with van der Waals surface area (Å²) in [5.74, 6) is 1.41. The Labute approximate surface area is 94.9 Å². The zero-order valence-electron chi connectivity index (χ0n) is 9.31. The highest BCUT2D eigenvalue weighted by atomic mass is 32.2. The summed E-state index contributed by atoms with van der Waals surface area (Å²) in [4.78, 5) is 13.6. The van der Waals surface area contributed by atoms with Gasteiger partial charge in [-0.25, -0.2) is 0 Å². The standard InChI is InChI=1S/C10H18N2O2S/c1-8-5-12(6-9(2)14-8)10(13)7-15-4-3-11/h3,8-9,11H,4-7H2,1-2H3/p+1/t8-,9-/m1/s1. The fourth-order valence-corrected chi connectivity index (χ4v) is 2.30. The van der Waals surface area contributed by atoms with E-state index in [1.165, 1.54) is 0 Å². The first-order chi connectivity index (χ1) is 7.13. The quantitative estimate of drug-likeness (QED) is 0.508. The van der Waals surface area contributed by atoms with Crippen molar-refractivity contribution in [2.24, 2.45) is 0 Å². The van der Waals surface area contributed by atoms with Gasteiger partial charge in [0.1, 0.15) is 6.21 Å². The van der Waals surface area contributed by atoms with Crippen LogP contribution in [0.15, 0.2) is 0 Å². The number of amides is 1. The van der Waals surface area contributed by atoms with E-state index in [4.69, 9.17) is 10.1 Å². The van der Waals surface area contributed by atoms with E-state index in [0.717, 1.165) is 5.75 Å². The lowest BCUT2D eigenvalue weighted by molar-refractivity contribution is -0.140. The number of hydrogen-bond acceptors (Lipinski definition) is 3. The van der Waals surface area contributed by atoms with E-state index in [2.05, 4.69) is 0 Å². The summed E-state index contributed by atoms with van der Waals surface area (Å²) in [6.45, 7) is 5.40. The lowest BCUT2D eigenvalue weighted by Gasteiger charge is -2.35. The molecule has 1 aliphatic rings. The molecular formula is C10H19N2O2S+. The van der Waals surface area contributed by atoms with Gasteiger partial charge in [-0.1, -0.05) is 0 Å². The Morgan fingerprint density at radius 1 is 1.53 bits per heavy atom. The van der Waals surface area contributed by atoms with Crippen molar-refractivity contribution in [1.29, 1.82) is 0 Å². The number of hydrogen-bond donors (Lipinski definition) is 1. The van der Waals surface area contributed by atoms with Crippen molar-refractivity contribution in [3.05, 3.63) is 0 Å². The number of nitrogens with two attached hydrogens (primary N) is 1. The minimum absolute atomic E-state index is 0.142. The number of rotatable bonds is 4. The molecule has 1 rings (SSSR count). The van der Waals surface area contributed by atoms with Gasteiger partial charge in [0, 0.05) is 13.1 Å². The Morgan fingerprint density at radius 3 is 2.67 bits per heavy atom. The summed E-state index contributed by atoms with van der Waals surface area (Å²) in [6.07, 6.45) is 1.86. The summed E-state index contributed by atoms with van der Waals surface area (Å²) in [7, 11) is 0. The minimum Gasteiger partial charge on any atom is -0.372 e. The van der Waals surface area contributed by atoms with E-state index in [1.54, 1.807) is 18.0 Å². The molecule has 2 atom stereocenters. The molecule has 0 aromatic rings. The van der Waals surface area contributed by atoms with Gasteiger partial charge < -0.3 is 9.64 Å². The molecule has 0 unspecified atom stereocenters. The van der Waals surface area contributed by atoms with E-state index in [9.17, 15) is 4.79 Å². The Hall–Kier alpha value is -0.550. The van der Waals surface area contributed by atoms with Crippen molar-refractivity contribution in [3.63, 3.8) is 0 Å². The predicted octanol–water partition coefficient (Wildman–Crippen LogP) is -0.815. The molecule has 1 aliphatic heterocycles. The second-order valence-electron chi connectivity index (χ2n) is 3.81. The molecule has 0 radical (unpaired) electrons. The van der Waals surface area contributed by atoms with Crippen molar-refractivity contribution in [1.82, 2.24) is 4.90 Å². The van der Waals surface area contributed by atoms with Crippen LogP contribution >= 0.6 is 11.8 Å². The average Bonchev–Trinajstić information content (AvgIpc) is 2.16. The summed E-state index contributed by atoms with van der Waals surface area (Å²) in [6, 6.07) is 0. The van der Waals surface area contributed by atoms with Gasteiger partial charge in [-0.05, 0) is 13.8 Å². The second kappa shape index (κ2) is 6.12. The molecule has 0 spiro atoms. The van der Waals surface area contributed by atoms with E-state index in [0.29, 0.717) is 18.8 Å². The normalized spacial score (nSPS) is 26.4. The van der Waals surface area contributed by atoms with Crippen LogP contribution in [-0.2, 0) is 9.53 Å². The average molecular weight is 231 g/mol. The lowest BCUT2D eigenvalue weighted by atomic mass is 10.2. The smallest absolute Gasteiger partial charge is 0.232 e. The number of morpholine rings is 1. The highest BCUT2D eigenvalue weighted by Gasteiger charge is 2.25. The first-order valence-electron chi connectivity index (χ1n) is 5.18. The maximum absolute atomic E-state index is 11.8. The molecule has 0 aliphatic carbocycles. The van der Waals surface area contributed by atoms with Crippen LogP contribution in [0.5, 0.6) is 0 Å². The van der Waals surface area contributed by atoms with Crippen molar-refractivity contribution in [3.8, 4) is 0 Å². The highest BCUT2D eigenvalue weighted by Crippen LogP contribution is 2.12. The van der Waals surface area contributed by atoms with Gasteiger partial charge in [-0.3, -0.25) is 10.2 Å². The second-order valence-corrected chi connectivity index (χ2v) is 4.84. The Bertz CT molecular complexity index is 225. The molecule has 0 aromatic carbocycles. The molecule has 1 amide bonds. The largest absolute Gasteiger partial charge is 0.372 e. The molecule has 5 heteroatoms. The van der Waals surface area contributed by atoms with Gasteiger partial charge >= 0.3 is 0 Å². The Morgan fingerprint density at radius 2 is 2.13 bits per heavy atom. The van der Waals surface area contributed by atoms with Gasteiger partial charge in [0.2, 0.25) is 5.91 Å². The Kier molecular flexibility index (Phi) is 5.11. The molecular weight excluding hydrogens is 212 g/mol. The van der Waals surface area contributed by atoms with Crippen LogP contribution in [0, 0.1) is 0 Å². The first kappa shape index (κ1) is 12.5. The predicted molar refractivity (Wildman–Crippen MR) is 61.9 cm³/mol. The summed E-state index contributed by atoms with van der Waals surface area (Å²) >= 11 is 1.54. The molecule has 2 N–H and O–H groups in total. The van der Waals surface area contributed by atoms with Crippen molar-refractivity contribution in [2.75, 3.05) is 24.6 Å². The van der Waals surface area contributed by atoms with Crippen molar-refractivity contribution >= 4 is 23.9 Å². The first-order valence-corrected chi connectivity index (χ1v) is 6.33. The number of thioether (sulfide) groups is 1. The fourth-order valence-electron chi connectivity index (χ4n) is 1.69. The zero-order valence-corrected chi connectivity index (χ0v) is 10.1. The highest BCUT2D eigenvalue weighted by molar-refractivity contribution is 8.00. The topological polar surface area (TPSA) is 55.1 Å². The van der Waals surface area contributed by atoms with Crippen LogP contribution in [0.1, 0.15) is 13.8 Å². The number of ether oxygens (including phenoxy) is 1. The van der Waals surface area contributed by atoms with Gasteiger partial charge in [-0.2, -0.15) is 0 Å². The summed E-state index contributed by atoms with van der Waals surface area (Å²) in [5, 5.41) is 5.25. The fraction of sp³-hybridized carbons (Fsp3) is 0.800. The van der Waals surface area contributed by atoms with Gasteiger partial charge in [0.15, 0.2) is 0 Å². The van der Waals surface area contributed by atoms with E-state index in [1.807, 2.05) is 18.7 Å². The van der Waals surface area contributed by atoms with Gasteiger partial charge in [-0.15, -0.1) is 11.8 Å². The molecule has 15 heavy (non-hydrogen) atoms. The van der Waals surface area contributed by atoms with Crippen LogP contribution < -0.4 is 5.41 Å². The van der Waals surface area contributed by atoms with E-state index < -0.39 is 0 Å². The molecule has 1 saturated heterocycles. The lowest BCUT2D eigenvalue weighted by Crippen LogP contribution is -2.48. The van der Waals surface area contributed by atoms with Gasteiger partial charge in [0.25, 0.3) is 0 Å². The molecule has 1 heterocycles. The maximum Gasteiger partial charge on any atom is 0.232 e. The van der Waals surface area contributed by atoms with Crippen LogP contribution in [0.25, 0.3) is 0 Å². The van der Waals surface area contributed by atoms with Crippen molar-refractivity contribution in [2.45, 2.75) is 26.1 Å². The molecule has 0 bridgehead atoms. The number of nitrogens with zero attached hydrogens (tertiary/aromatic N) is 1. The van der Waals surface area contributed by atoms with E-state index in [-0.39, 0.29) is 18.1 Å². The minimum atomic E-state index is 0.142. The Balaban J connectivity index is 2.34. The molecule has 1 fully saturated rings. The molecule has 4 nitrogen and oxygen atoms in total. The third-order valence-electron chi connectivity index (χ3n) is 2.21. The molecule has 0 saturated carbocycles. The van der Waals surface area contributed by atoms with Crippen LogP contribution in [0.2, 0.25) is 0 Å². The maximum atomic E-state index is 11.8. The van der Waals surface area contributed by atoms with Crippen LogP contribution in [0.4, 0.5) is 0 Å². The summed E-state index contributed by atoms with van der Waals surface area (Å²) < 4.78 is 5.57.